The quantitative estimate of drug-likeness (QED) is 0.872. The van der Waals surface area contributed by atoms with Gasteiger partial charge >= 0.3 is 6.09 Å². The lowest BCUT2D eigenvalue weighted by molar-refractivity contribution is 0.130. The summed E-state index contributed by atoms with van der Waals surface area (Å²) in [6, 6.07) is 10.4. The largest absolute Gasteiger partial charge is 0.445 e. The van der Waals surface area contributed by atoms with Gasteiger partial charge in [0.25, 0.3) is 0 Å². The Morgan fingerprint density at radius 3 is 2.59 bits per heavy atom. The summed E-state index contributed by atoms with van der Waals surface area (Å²) >= 11 is 0. The van der Waals surface area contributed by atoms with E-state index in [0.717, 1.165) is 25.2 Å². The van der Waals surface area contributed by atoms with Crippen LogP contribution in [-0.4, -0.2) is 62.2 Å². The minimum atomic E-state index is -0.341. The van der Waals surface area contributed by atoms with Crippen LogP contribution >= 0.6 is 0 Å². The molecule has 1 heterocycles. The number of ether oxygens (including phenoxy) is 1. The second-order valence-corrected chi connectivity index (χ2v) is 6.02. The molecule has 1 aromatic rings. The summed E-state index contributed by atoms with van der Waals surface area (Å²) in [6.07, 6.45) is 2.06. The molecule has 0 bridgehead atoms. The molecule has 0 aromatic heterocycles. The molecule has 22 heavy (non-hydrogen) atoms. The molecule has 1 saturated heterocycles. The number of alkyl carbamates (subject to hydrolysis) is 1. The second-order valence-electron chi connectivity index (χ2n) is 6.02. The number of rotatable bonds is 6. The zero-order chi connectivity index (χ0) is 15.8. The number of hydrogen-bond donors (Lipinski definition) is 1. The molecule has 0 aliphatic carbocycles. The van der Waals surface area contributed by atoms with Gasteiger partial charge in [0.1, 0.15) is 6.61 Å². The zero-order valence-electron chi connectivity index (χ0n) is 13.6. The average Bonchev–Trinajstić information content (AvgIpc) is 2.54. The second kappa shape index (κ2) is 8.76. The minimum absolute atomic E-state index is 0.320. The summed E-state index contributed by atoms with van der Waals surface area (Å²) in [6.45, 7) is 4.05. The molecule has 1 fully saturated rings. The van der Waals surface area contributed by atoms with E-state index in [1.807, 2.05) is 30.3 Å². The molecule has 2 rings (SSSR count). The maximum Gasteiger partial charge on any atom is 0.407 e. The molecule has 0 unspecified atom stereocenters. The van der Waals surface area contributed by atoms with Gasteiger partial charge in [0.15, 0.2) is 0 Å². The molecule has 1 aliphatic rings. The van der Waals surface area contributed by atoms with Crippen molar-refractivity contribution < 1.29 is 9.53 Å². The zero-order valence-corrected chi connectivity index (χ0v) is 13.6. The van der Waals surface area contributed by atoms with E-state index in [4.69, 9.17) is 4.74 Å². The molecule has 0 spiro atoms. The highest BCUT2D eigenvalue weighted by molar-refractivity contribution is 5.67. The lowest BCUT2D eigenvalue weighted by Crippen LogP contribution is -2.44. The number of hydrogen-bond acceptors (Lipinski definition) is 4. The van der Waals surface area contributed by atoms with Gasteiger partial charge in [-0.25, -0.2) is 4.79 Å². The fourth-order valence-corrected chi connectivity index (χ4v) is 2.75. The molecule has 1 aromatic carbocycles. The first-order valence-electron chi connectivity index (χ1n) is 7.98. The highest BCUT2D eigenvalue weighted by Crippen LogP contribution is 2.13. The predicted octanol–water partition coefficient (Wildman–Crippen LogP) is 1.94. The van der Waals surface area contributed by atoms with Crippen molar-refractivity contribution in [2.45, 2.75) is 25.5 Å². The van der Waals surface area contributed by atoms with Crippen molar-refractivity contribution in [1.29, 1.82) is 0 Å². The van der Waals surface area contributed by atoms with Crippen molar-refractivity contribution in [3.63, 3.8) is 0 Å². The van der Waals surface area contributed by atoms with Gasteiger partial charge in [0.05, 0.1) is 0 Å². The molecule has 1 aliphatic heterocycles. The van der Waals surface area contributed by atoms with Crippen LogP contribution in [0.25, 0.3) is 0 Å². The summed E-state index contributed by atoms with van der Waals surface area (Å²) in [5.41, 5.74) is 1.00. The molecule has 5 heteroatoms. The van der Waals surface area contributed by atoms with Crippen LogP contribution in [0.3, 0.4) is 0 Å². The van der Waals surface area contributed by atoms with Gasteiger partial charge in [0.2, 0.25) is 0 Å². The fraction of sp³-hybridized carbons (Fsp3) is 0.588. The Kier molecular flexibility index (Phi) is 6.68. The van der Waals surface area contributed by atoms with E-state index < -0.39 is 0 Å². The molecule has 0 radical (unpaired) electrons. The third-order valence-electron chi connectivity index (χ3n) is 4.20. The van der Waals surface area contributed by atoms with E-state index in [1.165, 1.54) is 12.8 Å². The highest BCUT2D eigenvalue weighted by atomic mass is 16.5. The third-order valence-corrected chi connectivity index (χ3v) is 4.20. The standard InChI is InChI=1S/C17H27N3O2/c1-19(2)16-8-11-20(12-9-16)13-10-18-17(21)22-14-15-6-4-3-5-7-15/h3-7,16H,8-14H2,1-2H3,(H,18,21). The molecule has 1 N–H and O–H groups in total. The smallest absolute Gasteiger partial charge is 0.407 e. The van der Waals surface area contributed by atoms with E-state index >= 15 is 0 Å². The van der Waals surface area contributed by atoms with Gasteiger partial charge < -0.3 is 19.9 Å². The third kappa shape index (κ3) is 5.66. The van der Waals surface area contributed by atoms with Gasteiger partial charge in [-0.3, -0.25) is 0 Å². The average molecular weight is 305 g/mol. The Bertz CT molecular complexity index is 442. The van der Waals surface area contributed by atoms with Gasteiger partial charge in [-0.1, -0.05) is 30.3 Å². The lowest BCUT2D eigenvalue weighted by atomic mass is 10.0. The number of benzene rings is 1. The molecular weight excluding hydrogens is 278 g/mol. The Morgan fingerprint density at radius 2 is 1.95 bits per heavy atom. The van der Waals surface area contributed by atoms with E-state index in [2.05, 4.69) is 29.2 Å². The monoisotopic (exact) mass is 305 g/mol. The number of nitrogens with one attached hydrogen (secondary N) is 1. The lowest BCUT2D eigenvalue weighted by Gasteiger charge is -2.35. The molecule has 5 nitrogen and oxygen atoms in total. The normalized spacial score (nSPS) is 16.7. The number of carbonyl (C=O) groups excluding carboxylic acids is 1. The maximum atomic E-state index is 11.6. The van der Waals surface area contributed by atoms with Crippen molar-refractivity contribution in [2.24, 2.45) is 0 Å². The van der Waals surface area contributed by atoms with Crippen LogP contribution < -0.4 is 5.32 Å². The van der Waals surface area contributed by atoms with Crippen LogP contribution in [0.1, 0.15) is 18.4 Å². The molecule has 1 amide bonds. The van der Waals surface area contributed by atoms with Crippen molar-refractivity contribution in [2.75, 3.05) is 40.3 Å². The van der Waals surface area contributed by atoms with Crippen molar-refractivity contribution in [3.8, 4) is 0 Å². The Balaban J connectivity index is 1.56. The molecule has 0 saturated carbocycles. The predicted molar refractivity (Wildman–Crippen MR) is 87.8 cm³/mol. The number of likely N-dealkylation sites (tertiary alicyclic amines) is 1. The first-order valence-corrected chi connectivity index (χ1v) is 7.98. The molecular formula is C17H27N3O2. The number of carbonyl (C=O) groups is 1. The van der Waals surface area contributed by atoms with E-state index in [9.17, 15) is 4.79 Å². The Hall–Kier alpha value is -1.59. The SMILES string of the molecule is CN(C)C1CCN(CCNC(=O)OCc2ccccc2)CC1. The molecule has 0 atom stereocenters. The van der Waals surface area contributed by atoms with Crippen molar-refractivity contribution in [3.05, 3.63) is 35.9 Å². The van der Waals surface area contributed by atoms with E-state index in [1.54, 1.807) is 0 Å². The van der Waals surface area contributed by atoms with Crippen LogP contribution in [0.5, 0.6) is 0 Å². The van der Waals surface area contributed by atoms with E-state index in [0.29, 0.717) is 19.2 Å². The molecule has 122 valence electrons. The summed E-state index contributed by atoms with van der Waals surface area (Å²) in [5.74, 6) is 0. The first-order chi connectivity index (χ1) is 10.6. The van der Waals surface area contributed by atoms with Crippen LogP contribution in [0, 0.1) is 0 Å². The highest BCUT2D eigenvalue weighted by Gasteiger charge is 2.20. The van der Waals surface area contributed by atoms with Crippen LogP contribution in [0.15, 0.2) is 30.3 Å². The summed E-state index contributed by atoms with van der Waals surface area (Å²) in [4.78, 5) is 16.3. The maximum absolute atomic E-state index is 11.6. The van der Waals surface area contributed by atoms with Crippen LogP contribution in [0.2, 0.25) is 0 Å². The number of piperidine rings is 1. The fourth-order valence-electron chi connectivity index (χ4n) is 2.75. The van der Waals surface area contributed by atoms with Gasteiger partial charge in [-0.15, -0.1) is 0 Å². The van der Waals surface area contributed by atoms with Crippen LogP contribution in [-0.2, 0) is 11.3 Å². The first kappa shape index (κ1) is 16.8. The summed E-state index contributed by atoms with van der Waals surface area (Å²) in [7, 11) is 4.29. The number of amides is 1. The van der Waals surface area contributed by atoms with Gasteiger partial charge in [-0.2, -0.15) is 0 Å². The van der Waals surface area contributed by atoms with Crippen molar-refractivity contribution in [1.82, 2.24) is 15.1 Å². The Morgan fingerprint density at radius 1 is 1.27 bits per heavy atom. The topological polar surface area (TPSA) is 44.8 Å². The van der Waals surface area contributed by atoms with Gasteiger partial charge in [-0.05, 0) is 45.6 Å². The summed E-state index contributed by atoms with van der Waals surface area (Å²) in [5, 5.41) is 2.82. The number of nitrogens with zero attached hydrogens (tertiary/aromatic N) is 2. The Labute approximate surface area is 133 Å². The van der Waals surface area contributed by atoms with E-state index in [-0.39, 0.29) is 6.09 Å². The summed E-state index contributed by atoms with van der Waals surface area (Å²) < 4.78 is 5.19. The van der Waals surface area contributed by atoms with Crippen molar-refractivity contribution >= 4 is 6.09 Å². The van der Waals surface area contributed by atoms with Gasteiger partial charge in [0, 0.05) is 19.1 Å². The minimum Gasteiger partial charge on any atom is -0.445 e. The van der Waals surface area contributed by atoms with Crippen LogP contribution in [0.4, 0.5) is 4.79 Å².